The molecular weight excluding hydrogens is 358 g/mol. The number of rotatable bonds is 23. The summed E-state index contributed by atoms with van der Waals surface area (Å²) in [5.41, 5.74) is 0. The van der Waals surface area contributed by atoms with Crippen LogP contribution in [-0.2, 0) is 4.79 Å². The summed E-state index contributed by atoms with van der Waals surface area (Å²) in [7, 11) is 0. The topological polar surface area (TPSA) is 49.3 Å². The number of allylic oxidation sites excluding steroid dienone is 2. The van der Waals surface area contributed by atoms with E-state index in [1.165, 1.54) is 109 Å². The summed E-state index contributed by atoms with van der Waals surface area (Å²) in [5.74, 6) is 0.0762. The van der Waals surface area contributed by atoms with Crippen LogP contribution in [0, 0.1) is 0 Å². The number of hydrogen-bond acceptors (Lipinski definition) is 2. The van der Waals surface area contributed by atoms with Crippen LogP contribution in [0.25, 0.3) is 0 Å². The van der Waals surface area contributed by atoms with Crippen molar-refractivity contribution in [2.24, 2.45) is 0 Å². The van der Waals surface area contributed by atoms with E-state index >= 15 is 0 Å². The van der Waals surface area contributed by atoms with Crippen molar-refractivity contribution in [3.05, 3.63) is 12.2 Å². The number of unbranched alkanes of at least 4 members (excludes halogenated alkanes) is 17. The van der Waals surface area contributed by atoms with Gasteiger partial charge in [-0.2, -0.15) is 0 Å². The van der Waals surface area contributed by atoms with Gasteiger partial charge in [0.1, 0.15) is 0 Å². The Hall–Kier alpha value is -0.830. The molecule has 0 saturated heterocycles. The fraction of sp³-hybridized carbons (Fsp3) is 0.885. The summed E-state index contributed by atoms with van der Waals surface area (Å²) in [4.78, 5) is 11.4. The Kier molecular flexibility index (Phi) is 24.5. The molecule has 0 aromatic heterocycles. The van der Waals surface area contributed by atoms with Crippen LogP contribution in [-0.4, -0.2) is 24.2 Å². The van der Waals surface area contributed by atoms with Crippen molar-refractivity contribution >= 4 is 5.91 Å². The Labute approximate surface area is 182 Å². The third-order valence-electron chi connectivity index (χ3n) is 5.60. The first-order valence-corrected chi connectivity index (χ1v) is 12.8. The van der Waals surface area contributed by atoms with E-state index in [2.05, 4.69) is 24.4 Å². The van der Waals surface area contributed by atoms with Crippen LogP contribution in [0.3, 0.4) is 0 Å². The molecule has 0 aromatic rings. The zero-order chi connectivity index (χ0) is 21.3. The van der Waals surface area contributed by atoms with Gasteiger partial charge in [-0.15, -0.1) is 0 Å². The zero-order valence-corrected chi connectivity index (χ0v) is 19.6. The van der Waals surface area contributed by atoms with Gasteiger partial charge in [-0.3, -0.25) is 4.79 Å². The van der Waals surface area contributed by atoms with Gasteiger partial charge >= 0.3 is 0 Å². The molecule has 29 heavy (non-hydrogen) atoms. The van der Waals surface area contributed by atoms with Gasteiger partial charge in [0, 0.05) is 13.0 Å². The lowest BCUT2D eigenvalue weighted by atomic mass is 10.0. The largest absolute Gasteiger partial charge is 0.395 e. The first-order valence-electron chi connectivity index (χ1n) is 12.8. The van der Waals surface area contributed by atoms with Crippen LogP contribution in [0.4, 0.5) is 0 Å². The van der Waals surface area contributed by atoms with Crippen LogP contribution in [0.2, 0.25) is 0 Å². The highest BCUT2D eigenvalue weighted by Gasteiger charge is 1.99. The molecule has 0 aromatic carbocycles. The molecule has 0 aliphatic rings. The first-order chi connectivity index (χ1) is 14.3. The number of aliphatic hydroxyl groups is 1. The quantitative estimate of drug-likeness (QED) is 0.136. The summed E-state index contributed by atoms with van der Waals surface area (Å²) in [6.07, 6.45) is 30.7. The summed E-state index contributed by atoms with van der Waals surface area (Å²) < 4.78 is 0. The van der Waals surface area contributed by atoms with E-state index in [0.29, 0.717) is 13.0 Å². The maximum Gasteiger partial charge on any atom is 0.220 e. The van der Waals surface area contributed by atoms with Gasteiger partial charge in [-0.05, 0) is 32.1 Å². The molecule has 1 amide bonds. The van der Waals surface area contributed by atoms with Gasteiger partial charge in [-0.1, -0.05) is 109 Å². The van der Waals surface area contributed by atoms with E-state index in [1.54, 1.807) is 0 Å². The van der Waals surface area contributed by atoms with Gasteiger partial charge in [0.15, 0.2) is 0 Å². The number of hydrogen-bond donors (Lipinski definition) is 2. The van der Waals surface area contributed by atoms with Gasteiger partial charge in [0.2, 0.25) is 5.91 Å². The van der Waals surface area contributed by atoms with Crippen LogP contribution in [0.5, 0.6) is 0 Å². The predicted molar refractivity (Wildman–Crippen MR) is 127 cm³/mol. The normalized spacial score (nSPS) is 11.4. The SMILES string of the molecule is CCCCCCCC/C=C\CCCCCCCCCCCCCC(=O)NCCO. The molecule has 0 saturated carbocycles. The fourth-order valence-electron chi connectivity index (χ4n) is 3.70. The molecule has 0 bridgehead atoms. The minimum absolute atomic E-state index is 0.0299. The molecule has 0 aliphatic carbocycles. The number of carbonyl (C=O) groups is 1. The third-order valence-corrected chi connectivity index (χ3v) is 5.60. The summed E-state index contributed by atoms with van der Waals surface area (Å²) >= 11 is 0. The summed E-state index contributed by atoms with van der Waals surface area (Å²) in [5, 5.41) is 11.3. The number of carbonyl (C=O) groups excluding carboxylic acids is 1. The second-order valence-electron chi connectivity index (χ2n) is 8.53. The highest BCUT2D eigenvalue weighted by molar-refractivity contribution is 5.75. The molecule has 0 atom stereocenters. The lowest BCUT2D eigenvalue weighted by Crippen LogP contribution is -2.25. The van der Waals surface area contributed by atoms with Crippen LogP contribution in [0.1, 0.15) is 135 Å². The second-order valence-corrected chi connectivity index (χ2v) is 8.53. The van der Waals surface area contributed by atoms with Crippen LogP contribution >= 0.6 is 0 Å². The zero-order valence-electron chi connectivity index (χ0n) is 19.6. The van der Waals surface area contributed by atoms with Crippen molar-refractivity contribution in [3.63, 3.8) is 0 Å². The lowest BCUT2D eigenvalue weighted by Gasteiger charge is -2.04. The Morgan fingerprint density at radius 1 is 0.655 bits per heavy atom. The minimum Gasteiger partial charge on any atom is -0.395 e. The highest BCUT2D eigenvalue weighted by atomic mass is 16.3. The van der Waals surface area contributed by atoms with Gasteiger partial charge in [-0.25, -0.2) is 0 Å². The van der Waals surface area contributed by atoms with E-state index in [9.17, 15) is 4.79 Å². The molecule has 3 nitrogen and oxygen atoms in total. The van der Waals surface area contributed by atoms with E-state index in [4.69, 9.17) is 5.11 Å². The Balaban J connectivity index is 3.11. The Morgan fingerprint density at radius 3 is 1.52 bits per heavy atom. The molecule has 0 fully saturated rings. The minimum atomic E-state index is 0.0299. The first kappa shape index (κ1) is 28.2. The van der Waals surface area contributed by atoms with Crippen LogP contribution < -0.4 is 5.32 Å². The average Bonchev–Trinajstić information content (AvgIpc) is 2.73. The van der Waals surface area contributed by atoms with Crippen LogP contribution in [0.15, 0.2) is 12.2 Å². The van der Waals surface area contributed by atoms with E-state index < -0.39 is 0 Å². The summed E-state index contributed by atoms with van der Waals surface area (Å²) in [6, 6.07) is 0. The molecule has 0 unspecified atom stereocenters. The van der Waals surface area contributed by atoms with Crippen molar-refractivity contribution in [1.29, 1.82) is 0 Å². The molecule has 0 radical (unpaired) electrons. The van der Waals surface area contributed by atoms with Crippen molar-refractivity contribution in [2.75, 3.05) is 13.2 Å². The standard InChI is InChI=1S/C26H51NO2/c1-2-3-4-5-6-7-8-9-10-11-12-13-14-15-16-17-18-19-20-21-22-23-26(29)27-24-25-28/h9-10,28H,2-8,11-25H2,1H3,(H,27,29)/b10-9-. The van der Waals surface area contributed by atoms with E-state index in [1.807, 2.05) is 0 Å². The monoisotopic (exact) mass is 409 g/mol. The molecule has 0 aliphatic heterocycles. The molecule has 2 N–H and O–H groups in total. The van der Waals surface area contributed by atoms with Gasteiger partial charge in [0.25, 0.3) is 0 Å². The maximum atomic E-state index is 11.4. The number of aliphatic hydroxyl groups excluding tert-OH is 1. The summed E-state index contributed by atoms with van der Waals surface area (Å²) in [6.45, 7) is 2.69. The van der Waals surface area contributed by atoms with Crippen molar-refractivity contribution in [1.82, 2.24) is 5.32 Å². The number of nitrogens with one attached hydrogen (secondary N) is 1. The molecule has 3 heteroatoms. The highest BCUT2D eigenvalue weighted by Crippen LogP contribution is 2.13. The van der Waals surface area contributed by atoms with Gasteiger partial charge < -0.3 is 10.4 Å². The molecular formula is C26H51NO2. The molecule has 0 rings (SSSR count). The van der Waals surface area contributed by atoms with Crippen molar-refractivity contribution in [3.8, 4) is 0 Å². The van der Waals surface area contributed by atoms with E-state index in [-0.39, 0.29) is 12.5 Å². The average molecular weight is 410 g/mol. The third kappa shape index (κ3) is 25.1. The second kappa shape index (κ2) is 25.2. The van der Waals surface area contributed by atoms with E-state index in [0.717, 1.165) is 12.8 Å². The Bertz CT molecular complexity index is 355. The number of amides is 1. The maximum absolute atomic E-state index is 11.4. The molecule has 0 heterocycles. The lowest BCUT2D eigenvalue weighted by molar-refractivity contribution is -0.121. The van der Waals surface area contributed by atoms with Crippen molar-refractivity contribution in [2.45, 2.75) is 135 Å². The predicted octanol–water partition coefficient (Wildman–Crippen LogP) is 7.47. The molecule has 172 valence electrons. The fourth-order valence-corrected chi connectivity index (χ4v) is 3.70. The smallest absolute Gasteiger partial charge is 0.220 e. The Morgan fingerprint density at radius 2 is 1.07 bits per heavy atom. The van der Waals surface area contributed by atoms with Gasteiger partial charge in [0.05, 0.1) is 6.61 Å². The van der Waals surface area contributed by atoms with Crippen molar-refractivity contribution < 1.29 is 9.90 Å². The molecule has 0 spiro atoms.